The van der Waals surface area contributed by atoms with Gasteiger partial charge in [-0.2, -0.15) is 0 Å². The van der Waals surface area contributed by atoms with Crippen LogP contribution in [0.5, 0.6) is 5.75 Å². The van der Waals surface area contributed by atoms with E-state index in [4.69, 9.17) is 16.3 Å². The Labute approximate surface area is 119 Å². The summed E-state index contributed by atoms with van der Waals surface area (Å²) in [4.78, 5) is 0. The van der Waals surface area contributed by atoms with Crippen molar-refractivity contribution >= 4 is 27.5 Å². The summed E-state index contributed by atoms with van der Waals surface area (Å²) >= 11 is 9.63. The van der Waals surface area contributed by atoms with Crippen LogP contribution in [0, 0.1) is 0 Å². The van der Waals surface area contributed by atoms with Crippen molar-refractivity contribution in [3.63, 3.8) is 0 Å². The molecule has 0 N–H and O–H groups in total. The molecule has 2 rings (SSSR count). The zero-order valence-electron chi connectivity index (χ0n) is 10.3. The summed E-state index contributed by atoms with van der Waals surface area (Å²) in [5.74, 6) is 1.80. The summed E-state index contributed by atoms with van der Waals surface area (Å²) in [6.07, 6.45) is 0. The van der Waals surface area contributed by atoms with E-state index in [2.05, 4.69) is 26.1 Å². The van der Waals surface area contributed by atoms with Crippen molar-refractivity contribution < 1.29 is 4.74 Å². The lowest BCUT2D eigenvalue weighted by Crippen LogP contribution is -2.04. The molecular weight excluding hydrogens is 318 g/mol. The Morgan fingerprint density at radius 2 is 2.06 bits per heavy atom. The first-order chi connectivity index (χ1) is 8.54. The molecule has 0 unspecified atom stereocenters. The third-order valence-electron chi connectivity index (χ3n) is 2.56. The standard InChI is InChI=1S/C12H13BrClN3O/c1-7(2)11-15-16-12(14)17(11)10-6-8(18-3)4-5-9(10)13/h4-7H,1-3H3. The average molecular weight is 331 g/mol. The Bertz CT molecular complexity index is 568. The number of aromatic nitrogens is 3. The lowest BCUT2D eigenvalue weighted by atomic mass is 10.2. The van der Waals surface area contributed by atoms with Gasteiger partial charge < -0.3 is 4.74 Å². The first-order valence-electron chi connectivity index (χ1n) is 5.49. The lowest BCUT2D eigenvalue weighted by molar-refractivity contribution is 0.414. The summed E-state index contributed by atoms with van der Waals surface area (Å²) in [5.41, 5.74) is 0.869. The second-order valence-corrected chi connectivity index (χ2v) is 5.33. The van der Waals surface area contributed by atoms with Gasteiger partial charge in [0.2, 0.25) is 5.28 Å². The highest BCUT2D eigenvalue weighted by atomic mass is 79.9. The molecule has 6 heteroatoms. The summed E-state index contributed by atoms with van der Waals surface area (Å²) in [7, 11) is 1.63. The molecule has 0 fully saturated rings. The molecule has 1 heterocycles. The van der Waals surface area contributed by atoms with Crippen LogP contribution in [0.25, 0.3) is 5.69 Å². The van der Waals surface area contributed by atoms with Crippen LogP contribution in [-0.4, -0.2) is 21.9 Å². The number of benzene rings is 1. The number of rotatable bonds is 3. The van der Waals surface area contributed by atoms with E-state index < -0.39 is 0 Å². The highest BCUT2D eigenvalue weighted by Gasteiger charge is 2.17. The minimum absolute atomic E-state index is 0.225. The average Bonchev–Trinajstić information content (AvgIpc) is 2.72. The predicted octanol–water partition coefficient (Wildman–Crippen LogP) is 3.82. The van der Waals surface area contributed by atoms with Gasteiger partial charge in [0, 0.05) is 16.5 Å². The van der Waals surface area contributed by atoms with Gasteiger partial charge in [0.05, 0.1) is 12.8 Å². The molecule has 96 valence electrons. The normalized spacial score (nSPS) is 11.0. The van der Waals surface area contributed by atoms with Gasteiger partial charge in [0.15, 0.2) is 0 Å². The predicted molar refractivity (Wildman–Crippen MR) is 74.7 cm³/mol. The van der Waals surface area contributed by atoms with E-state index in [0.29, 0.717) is 5.28 Å². The van der Waals surface area contributed by atoms with Crippen molar-refractivity contribution in [2.75, 3.05) is 7.11 Å². The van der Waals surface area contributed by atoms with Crippen molar-refractivity contribution in [2.45, 2.75) is 19.8 Å². The van der Waals surface area contributed by atoms with E-state index in [-0.39, 0.29) is 5.92 Å². The van der Waals surface area contributed by atoms with Crippen LogP contribution < -0.4 is 4.74 Å². The molecule has 0 bridgehead atoms. The Morgan fingerprint density at radius 3 is 2.67 bits per heavy atom. The molecule has 0 atom stereocenters. The number of hydrogen-bond donors (Lipinski definition) is 0. The van der Waals surface area contributed by atoms with Gasteiger partial charge in [-0.05, 0) is 39.7 Å². The van der Waals surface area contributed by atoms with E-state index >= 15 is 0 Å². The van der Waals surface area contributed by atoms with E-state index in [9.17, 15) is 0 Å². The Kier molecular flexibility index (Phi) is 3.92. The molecule has 0 saturated carbocycles. The molecule has 18 heavy (non-hydrogen) atoms. The first-order valence-corrected chi connectivity index (χ1v) is 6.66. The number of methoxy groups -OCH3 is 1. The van der Waals surface area contributed by atoms with Crippen LogP contribution in [0.3, 0.4) is 0 Å². The Morgan fingerprint density at radius 1 is 1.33 bits per heavy atom. The number of nitrogens with zero attached hydrogens (tertiary/aromatic N) is 3. The summed E-state index contributed by atoms with van der Waals surface area (Å²) in [5, 5.41) is 8.38. The number of ether oxygens (including phenoxy) is 1. The summed E-state index contributed by atoms with van der Waals surface area (Å²) in [6.45, 7) is 4.09. The molecule has 0 aliphatic heterocycles. The minimum atomic E-state index is 0.225. The fraction of sp³-hybridized carbons (Fsp3) is 0.333. The van der Waals surface area contributed by atoms with Crippen LogP contribution in [0.1, 0.15) is 25.6 Å². The highest BCUT2D eigenvalue weighted by Crippen LogP contribution is 2.30. The van der Waals surface area contributed by atoms with Crippen LogP contribution in [0.4, 0.5) is 0 Å². The molecule has 2 aromatic rings. The van der Waals surface area contributed by atoms with Gasteiger partial charge >= 0.3 is 0 Å². The molecule has 1 aromatic heterocycles. The maximum absolute atomic E-state index is 6.12. The van der Waals surface area contributed by atoms with E-state index in [1.807, 2.05) is 36.6 Å². The second-order valence-electron chi connectivity index (χ2n) is 4.13. The monoisotopic (exact) mass is 329 g/mol. The van der Waals surface area contributed by atoms with Gasteiger partial charge in [-0.1, -0.05) is 13.8 Å². The topological polar surface area (TPSA) is 39.9 Å². The van der Waals surface area contributed by atoms with Crippen molar-refractivity contribution in [2.24, 2.45) is 0 Å². The van der Waals surface area contributed by atoms with Crippen LogP contribution in [0.15, 0.2) is 22.7 Å². The zero-order chi connectivity index (χ0) is 13.3. The highest BCUT2D eigenvalue weighted by molar-refractivity contribution is 9.10. The van der Waals surface area contributed by atoms with Gasteiger partial charge in [0.25, 0.3) is 0 Å². The van der Waals surface area contributed by atoms with Crippen LogP contribution in [-0.2, 0) is 0 Å². The molecule has 4 nitrogen and oxygen atoms in total. The van der Waals surface area contributed by atoms with Crippen LogP contribution in [0.2, 0.25) is 5.28 Å². The number of halogens is 2. The molecule has 0 radical (unpaired) electrons. The molecule has 0 spiro atoms. The van der Waals surface area contributed by atoms with Gasteiger partial charge in [0.1, 0.15) is 11.6 Å². The first kappa shape index (κ1) is 13.4. The number of hydrogen-bond acceptors (Lipinski definition) is 3. The molecule has 0 aliphatic carbocycles. The summed E-state index contributed by atoms with van der Waals surface area (Å²) < 4.78 is 7.96. The van der Waals surface area contributed by atoms with E-state index in [1.54, 1.807) is 7.11 Å². The van der Waals surface area contributed by atoms with E-state index in [0.717, 1.165) is 21.7 Å². The Balaban J connectivity index is 2.64. The lowest BCUT2D eigenvalue weighted by Gasteiger charge is -2.13. The Hall–Kier alpha value is -1.07. The van der Waals surface area contributed by atoms with Crippen molar-refractivity contribution in [3.8, 4) is 11.4 Å². The third kappa shape index (κ3) is 2.37. The minimum Gasteiger partial charge on any atom is -0.497 e. The van der Waals surface area contributed by atoms with Gasteiger partial charge in [-0.25, -0.2) is 0 Å². The van der Waals surface area contributed by atoms with Crippen molar-refractivity contribution in [3.05, 3.63) is 33.8 Å². The van der Waals surface area contributed by atoms with Gasteiger partial charge in [-0.3, -0.25) is 4.57 Å². The zero-order valence-corrected chi connectivity index (χ0v) is 12.7. The van der Waals surface area contributed by atoms with Crippen molar-refractivity contribution in [1.29, 1.82) is 0 Å². The fourth-order valence-corrected chi connectivity index (χ4v) is 2.30. The SMILES string of the molecule is COc1ccc(Br)c(-n2c(Cl)nnc2C(C)C)c1. The largest absolute Gasteiger partial charge is 0.497 e. The molecule has 0 aliphatic rings. The fourth-order valence-electron chi connectivity index (χ4n) is 1.66. The summed E-state index contributed by atoms with van der Waals surface area (Å²) in [6, 6.07) is 5.68. The third-order valence-corrected chi connectivity index (χ3v) is 3.47. The maximum atomic E-state index is 6.12. The van der Waals surface area contributed by atoms with Crippen LogP contribution >= 0.6 is 27.5 Å². The maximum Gasteiger partial charge on any atom is 0.229 e. The molecule has 1 aromatic carbocycles. The van der Waals surface area contributed by atoms with E-state index in [1.165, 1.54) is 0 Å². The second kappa shape index (κ2) is 5.28. The molecule has 0 amide bonds. The quantitative estimate of drug-likeness (QED) is 0.859. The molecule has 0 saturated heterocycles. The molecular formula is C12H13BrClN3O. The van der Waals surface area contributed by atoms with Crippen molar-refractivity contribution in [1.82, 2.24) is 14.8 Å². The smallest absolute Gasteiger partial charge is 0.229 e. The van der Waals surface area contributed by atoms with Gasteiger partial charge in [-0.15, -0.1) is 10.2 Å².